The number of carbonyl (C=O) groups excluding carboxylic acids is 1. The van der Waals surface area contributed by atoms with E-state index in [0.29, 0.717) is 18.4 Å². The highest BCUT2D eigenvalue weighted by Gasteiger charge is 2.30. The predicted octanol–water partition coefficient (Wildman–Crippen LogP) is 1.37. The number of piperidine rings is 1. The Bertz CT molecular complexity index is 744. The first-order valence-electron chi connectivity index (χ1n) is 9.72. The van der Waals surface area contributed by atoms with Crippen molar-refractivity contribution in [2.75, 3.05) is 26.3 Å². The van der Waals surface area contributed by atoms with E-state index in [9.17, 15) is 4.79 Å². The minimum atomic E-state index is 0.0713. The highest BCUT2D eigenvalue weighted by atomic mass is 16.5. The number of benzene rings is 1. The maximum absolute atomic E-state index is 12.7. The van der Waals surface area contributed by atoms with Crippen LogP contribution in [0.2, 0.25) is 0 Å². The molecular weight excluding hydrogens is 344 g/mol. The Morgan fingerprint density at radius 3 is 3.00 bits per heavy atom. The van der Waals surface area contributed by atoms with Crippen LogP contribution < -0.4 is 5.32 Å². The third-order valence-electron chi connectivity index (χ3n) is 5.53. The van der Waals surface area contributed by atoms with Crippen molar-refractivity contribution < 1.29 is 9.53 Å². The van der Waals surface area contributed by atoms with Gasteiger partial charge in [0.1, 0.15) is 0 Å². The van der Waals surface area contributed by atoms with E-state index in [4.69, 9.17) is 4.74 Å². The largest absolute Gasteiger partial charge is 0.381 e. The monoisotopic (exact) mass is 370 g/mol. The molecule has 0 saturated carbocycles. The molecule has 3 heterocycles. The summed E-state index contributed by atoms with van der Waals surface area (Å²) in [5, 5.41) is 17.2. The lowest BCUT2D eigenvalue weighted by Crippen LogP contribution is -2.48. The molecule has 2 N–H and O–H groups in total. The van der Waals surface area contributed by atoms with Gasteiger partial charge in [-0.15, -0.1) is 10.2 Å². The molecule has 0 spiro atoms. The number of nitrogens with zero attached hydrogens (tertiary/aromatic N) is 4. The first-order valence-corrected chi connectivity index (χ1v) is 9.72. The van der Waals surface area contributed by atoms with Gasteiger partial charge in [-0.25, -0.2) is 0 Å². The molecule has 2 saturated heterocycles. The number of nitrogens with one attached hydrogen (secondary N) is 2. The van der Waals surface area contributed by atoms with Crippen LogP contribution in [0.5, 0.6) is 0 Å². The Morgan fingerprint density at radius 1 is 1.30 bits per heavy atom. The van der Waals surface area contributed by atoms with Gasteiger partial charge in [-0.05, 0) is 49.1 Å². The molecule has 0 radical (unpaired) electrons. The van der Waals surface area contributed by atoms with Gasteiger partial charge < -0.3 is 10.1 Å². The van der Waals surface area contributed by atoms with Crippen molar-refractivity contribution in [1.82, 2.24) is 30.8 Å². The minimum absolute atomic E-state index is 0.0713. The van der Waals surface area contributed by atoms with Crippen LogP contribution in [0.4, 0.5) is 0 Å². The summed E-state index contributed by atoms with van der Waals surface area (Å²) in [6.45, 7) is 4.16. The number of amides is 1. The van der Waals surface area contributed by atoms with E-state index in [-0.39, 0.29) is 11.8 Å². The number of tetrazole rings is 1. The van der Waals surface area contributed by atoms with Crippen molar-refractivity contribution in [3.8, 4) is 11.4 Å². The van der Waals surface area contributed by atoms with Crippen LogP contribution in [-0.2, 0) is 16.1 Å². The lowest BCUT2D eigenvalue weighted by molar-refractivity contribution is -0.127. The zero-order valence-electron chi connectivity index (χ0n) is 15.4. The second-order valence-corrected chi connectivity index (χ2v) is 7.33. The third kappa shape index (κ3) is 4.51. The molecule has 0 bridgehead atoms. The van der Waals surface area contributed by atoms with Crippen molar-refractivity contribution >= 4 is 5.91 Å². The summed E-state index contributed by atoms with van der Waals surface area (Å²) in [6.07, 6.45) is 4.21. The minimum Gasteiger partial charge on any atom is -0.381 e. The average molecular weight is 370 g/mol. The van der Waals surface area contributed by atoms with E-state index in [1.165, 1.54) is 0 Å². The number of aromatic amines is 1. The number of rotatable bonds is 5. The van der Waals surface area contributed by atoms with E-state index >= 15 is 0 Å². The number of aromatic nitrogens is 4. The van der Waals surface area contributed by atoms with Crippen molar-refractivity contribution in [1.29, 1.82) is 0 Å². The quantitative estimate of drug-likeness (QED) is 0.825. The molecule has 2 fully saturated rings. The predicted molar refractivity (Wildman–Crippen MR) is 99.6 cm³/mol. The van der Waals surface area contributed by atoms with Crippen LogP contribution in [0, 0.1) is 5.92 Å². The molecule has 8 heteroatoms. The zero-order valence-corrected chi connectivity index (χ0v) is 15.4. The van der Waals surface area contributed by atoms with Crippen LogP contribution in [0.1, 0.15) is 31.2 Å². The Hall–Kier alpha value is -2.32. The normalized spacial score (nSPS) is 21.9. The molecule has 1 aromatic carbocycles. The molecule has 1 amide bonds. The van der Waals surface area contributed by atoms with Gasteiger partial charge >= 0.3 is 0 Å². The van der Waals surface area contributed by atoms with E-state index in [0.717, 1.165) is 63.1 Å². The van der Waals surface area contributed by atoms with Crippen molar-refractivity contribution in [3.05, 3.63) is 29.8 Å². The van der Waals surface area contributed by atoms with E-state index in [1.807, 2.05) is 24.3 Å². The van der Waals surface area contributed by atoms with Crippen LogP contribution in [0.3, 0.4) is 0 Å². The van der Waals surface area contributed by atoms with Gasteiger partial charge in [-0.1, -0.05) is 18.2 Å². The standard InChI is InChI=1S/C19H26N6O2/c26-19(16-5-2-8-25(13-16)17-6-9-27-10-7-17)20-12-14-3-1-4-15(11-14)18-21-23-24-22-18/h1,3-4,11,16-17H,2,5-10,12-13H2,(H,20,26)(H,21,22,23,24). The Balaban J connectivity index is 1.32. The molecule has 1 unspecified atom stereocenters. The SMILES string of the molecule is O=C(NCc1cccc(-c2nn[nH]n2)c1)C1CCCN(C2CCOCC2)C1. The van der Waals surface area contributed by atoms with Crippen LogP contribution >= 0.6 is 0 Å². The van der Waals surface area contributed by atoms with Gasteiger partial charge in [0.25, 0.3) is 0 Å². The summed E-state index contributed by atoms with van der Waals surface area (Å²) >= 11 is 0. The van der Waals surface area contributed by atoms with E-state index in [1.54, 1.807) is 0 Å². The lowest BCUT2D eigenvalue weighted by Gasteiger charge is -2.39. The van der Waals surface area contributed by atoms with Crippen molar-refractivity contribution in [2.45, 2.75) is 38.3 Å². The van der Waals surface area contributed by atoms with E-state index in [2.05, 4.69) is 30.8 Å². The molecule has 27 heavy (non-hydrogen) atoms. The first-order chi connectivity index (χ1) is 13.3. The molecule has 2 aliphatic rings. The summed E-state index contributed by atoms with van der Waals surface area (Å²) in [4.78, 5) is 15.2. The number of H-pyrrole nitrogens is 1. The molecule has 2 aromatic rings. The summed E-state index contributed by atoms with van der Waals surface area (Å²) in [6, 6.07) is 8.43. The second kappa shape index (κ2) is 8.58. The highest BCUT2D eigenvalue weighted by Crippen LogP contribution is 2.23. The maximum atomic E-state index is 12.7. The van der Waals surface area contributed by atoms with Gasteiger partial charge in [-0.3, -0.25) is 9.69 Å². The van der Waals surface area contributed by atoms with E-state index < -0.39 is 0 Å². The molecule has 144 valence electrons. The second-order valence-electron chi connectivity index (χ2n) is 7.33. The maximum Gasteiger partial charge on any atom is 0.224 e. The first kappa shape index (κ1) is 18.1. The summed E-state index contributed by atoms with van der Waals surface area (Å²) in [5.41, 5.74) is 1.92. The molecular formula is C19H26N6O2. The van der Waals surface area contributed by atoms with Gasteiger partial charge in [-0.2, -0.15) is 5.21 Å². The topological polar surface area (TPSA) is 96.0 Å². The average Bonchev–Trinajstić information content (AvgIpc) is 3.28. The Kier molecular flexibility index (Phi) is 5.74. The van der Waals surface area contributed by atoms with Gasteiger partial charge in [0.15, 0.2) is 0 Å². The van der Waals surface area contributed by atoms with Gasteiger partial charge in [0, 0.05) is 37.9 Å². The highest BCUT2D eigenvalue weighted by molar-refractivity contribution is 5.79. The molecule has 8 nitrogen and oxygen atoms in total. The number of likely N-dealkylation sites (tertiary alicyclic amines) is 1. The number of carbonyl (C=O) groups is 1. The smallest absolute Gasteiger partial charge is 0.224 e. The molecule has 4 rings (SSSR count). The number of hydrogen-bond donors (Lipinski definition) is 2. The fourth-order valence-corrected chi connectivity index (χ4v) is 4.04. The number of hydrogen-bond acceptors (Lipinski definition) is 6. The summed E-state index contributed by atoms with van der Waals surface area (Å²) in [5.74, 6) is 0.779. The Morgan fingerprint density at radius 2 is 2.19 bits per heavy atom. The van der Waals surface area contributed by atoms with Crippen LogP contribution in [0.15, 0.2) is 24.3 Å². The molecule has 1 aromatic heterocycles. The molecule has 0 aliphatic carbocycles. The summed E-state index contributed by atoms with van der Waals surface area (Å²) in [7, 11) is 0. The van der Waals surface area contributed by atoms with Crippen LogP contribution in [-0.4, -0.2) is 63.8 Å². The third-order valence-corrected chi connectivity index (χ3v) is 5.53. The van der Waals surface area contributed by atoms with Gasteiger partial charge in [0.05, 0.1) is 5.92 Å². The summed E-state index contributed by atoms with van der Waals surface area (Å²) < 4.78 is 5.47. The lowest BCUT2D eigenvalue weighted by atomic mass is 9.94. The van der Waals surface area contributed by atoms with Crippen molar-refractivity contribution in [2.24, 2.45) is 5.92 Å². The van der Waals surface area contributed by atoms with Crippen LogP contribution in [0.25, 0.3) is 11.4 Å². The fraction of sp³-hybridized carbons (Fsp3) is 0.579. The van der Waals surface area contributed by atoms with Gasteiger partial charge in [0.2, 0.25) is 11.7 Å². The number of ether oxygens (including phenoxy) is 1. The Labute approximate surface area is 158 Å². The zero-order chi connectivity index (χ0) is 18.5. The van der Waals surface area contributed by atoms with Crippen molar-refractivity contribution in [3.63, 3.8) is 0 Å². The molecule has 2 aliphatic heterocycles. The fourth-order valence-electron chi connectivity index (χ4n) is 4.04. The molecule has 1 atom stereocenters.